The van der Waals surface area contributed by atoms with Gasteiger partial charge in [-0.2, -0.15) is 0 Å². The van der Waals surface area contributed by atoms with Crippen LogP contribution < -0.4 is 16.8 Å². The predicted molar refractivity (Wildman–Crippen MR) is 101 cm³/mol. The molecule has 0 aliphatic carbocycles. The lowest BCUT2D eigenvalue weighted by atomic mass is 10.0. The lowest BCUT2D eigenvalue weighted by Gasteiger charge is -2.16. The molecule has 1 aromatic carbocycles. The molecule has 1 aromatic heterocycles. The second-order valence-electron chi connectivity index (χ2n) is 5.51. The number of primary amides is 1. The van der Waals surface area contributed by atoms with E-state index in [1.807, 2.05) is 6.07 Å². The Morgan fingerprint density at radius 2 is 1.78 bits per heavy atom. The van der Waals surface area contributed by atoms with Crippen LogP contribution in [-0.4, -0.2) is 34.3 Å². The molecule has 0 radical (unpaired) electrons. The summed E-state index contributed by atoms with van der Waals surface area (Å²) in [7, 11) is 0. The van der Waals surface area contributed by atoms with Gasteiger partial charge in [-0.05, 0) is 42.1 Å². The fourth-order valence-electron chi connectivity index (χ4n) is 2.26. The van der Waals surface area contributed by atoms with E-state index in [4.69, 9.17) is 11.5 Å². The number of Topliss-reactive ketones (excluding diaryl/α,β-unsaturated/α-hetero) is 1. The van der Waals surface area contributed by atoms with Crippen LogP contribution in [0.1, 0.15) is 5.56 Å². The third-order valence-corrected chi connectivity index (χ3v) is 3.55. The maximum atomic E-state index is 12.6. The summed E-state index contributed by atoms with van der Waals surface area (Å²) in [6.45, 7) is 0. The molecule has 0 aliphatic heterocycles. The molecule has 1 atom stereocenters. The summed E-state index contributed by atoms with van der Waals surface area (Å²) in [5.74, 6) is -2.70. The van der Waals surface area contributed by atoms with E-state index in [9.17, 15) is 14.4 Å². The summed E-state index contributed by atoms with van der Waals surface area (Å²) < 4.78 is 0. The maximum Gasteiger partial charge on any atom is 0.287 e. The van der Waals surface area contributed by atoms with Gasteiger partial charge in [-0.3, -0.25) is 19.4 Å². The van der Waals surface area contributed by atoms with Crippen molar-refractivity contribution in [3.63, 3.8) is 0 Å². The topological polar surface area (TPSA) is 141 Å². The Labute approximate surface area is 156 Å². The number of pyridine rings is 1. The molecule has 8 nitrogen and oxygen atoms in total. The summed E-state index contributed by atoms with van der Waals surface area (Å²) in [5, 5.41) is 2.50. The zero-order valence-corrected chi connectivity index (χ0v) is 14.4. The second-order valence-corrected chi connectivity index (χ2v) is 5.51. The highest BCUT2D eigenvalue weighted by atomic mass is 16.2. The van der Waals surface area contributed by atoms with E-state index < -0.39 is 23.6 Å². The molecule has 5 N–H and O–H groups in total. The number of benzene rings is 1. The van der Waals surface area contributed by atoms with Crippen molar-refractivity contribution in [1.29, 1.82) is 0 Å². The second kappa shape index (κ2) is 9.62. The highest BCUT2D eigenvalue weighted by Gasteiger charge is 2.26. The van der Waals surface area contributed by atoms with Crippen LogP contribution in [0.4, 0.5) is 5.69 Å². The summed E-state index contributed by atoms with van der Waals surface area (Å²) >= 11 is 0. The van der Waals surface area contributed by atoms with Crippen LogP contribution in [0.15, 0.2) is 72.1 Å². The van der Waals surface area contributed by atoms with Crippen LogP contribution in [0.3, 0.4) is 0 Å². The Hall–Kier alpha value is -3.81. The van der Waals surface area contributed by atoms with Crippen LogP contribution in [0.5, 0.6) is 0 Å². The number of para-hydroxylation sites is 1. The summed E-state index contributed by atoms with van der Waals surface area (Å²) in [6.07, 6.45) is 5.64. The average molecular weight is 365 g/mol. The highest BCUT2D eigenvalue weighted by molar-refractivity contribution is 6.45. The number of aromatic nitrogens is 1. The van der Waals surface area contributed by atoms with Crippen molar-refractivity contribution in [3.8, 4) is 0 Å². The zero-order valence-electron chi connectivity index (χ0n) is 14.4. The number of rotatable bonds is 8. The number of amides is 2. The Morgan fingerprint density at radius 1 is 1.11 bits per heavy atom. The number of carbonyl (C=O) groups is 3. The van der Waals surface area contributed by atoms with Crippen molar-refractivity contribution in [1.82, 2.24) is 10.3 Å². The molecule has 2 aromatic rings. The van der Waals surface area contributed by atoms with Gasteiger partial charge in [0.15, 0.2) is 0 Å². The van der Waals surface area contributed by atoms with E-state index in [-0.39, 0.29) is 12.1 Å². The maximum absolute atomic E-state index is 12.6. The van der Waals surface area contributed by atoms with Gasteiger partial charge in [0.2, 0.25) is 5.78 Å². The Balaban J connectivity index is 2.25. The minimum atomic E-state index is -1.13. The zero-order chi connectivity index (χ0) is 19.6. The fraction of sp³-hybridized carbons (Fsp3) is 0.105. The summed E-state index contributed by atoms with van der Waals surface area (Å²) in [6, 6.07) is 11.0. The fourth-order valence-corrected chi connectivity index (χ4v) is 2.26. The van der Waals surface area contributed by atoms with Gasteiger partial charge in [0.1, 0.15) is 11.8 Å². The SMILES string of the molecule is N/C=C\C(=Nc1ccccc1)C(=O)NC(Cc1ccncc1)C(=O)C(N)=O. The third kappa shape index (κ3) is 5.89. The largest absolute Gasteiger partial charge is 0.405 e. The predicted octanol–water partition coefficient (Wildman–Crippen LogP) is 0.408. The van der Waals surface area contributed by atoms with Crippen molar-refractivity contribution < 1.29 is 14.4 Å². The van der Waals surface area contributed by atoms with E-state index in [1.54, 1.807) is 48.8 Å². The van der Waals surface area contributed by atoms with Gasteiger partial charge >= 0.3 is 0 Å². The van der Waals surface area contributed by atoms with Gasteiger partial charge in [0, 0.05) is 18.8 Å². The molecule has 2 rings (SSSR count). The molecule has 0 aliphatic rings. The summed E-state index contributed by atoms with van der Waals surface area (Å²) in [4.78, 5) is 44.2. The van der Waals surface area contributed by atoms with Gasteiger partial charge < -0.3 is 16.8 Å². The minimum absolute atomic E-state index is 0.0132. The molecule has 1 unspecified atom stereocenters. The van der Waals surface area contributed by atoms with Gasteiger partial charge in [-0.25, -0.2) is 4.99 Å². The Morgan fingerprint density at radius 3 is 2.37 bits per heavy atom. The normalized spacial score (nSPS) is 12.5. The van der Waals surface area contributed by atoms with E-state index in [1.165, 1.54) is 6.08 Å². The van der Waals surface area contributed by atoms with Gasteiger partial charge in [-0.1, -0.05) is 18.2 Å². The quantitative estimate of drug-likeness (QED) is 0.459. The van der Waals surface area contributed by atoms with Crippen LogP contribution >= 0.6 is 0 Å². The van der Waals surface area contributed by atoms with Crippen LogP contribution in [0.25, 0.3) is 0 Å². The molecule has 0 saturated heterocycles. The number of aliphatic imine (C=N–C) groups is 1. The van der Waals surface area contributed by atoms with Crippen LogP contribution in [0.2, 0.25) is 0 Å². The number of hydrogen-bond donors (Lipinski definition) is 3. The molecule has 0 bridgehead atoms. The first-order valence-corrected chi connectivity index (χ1v) is 8.06. The molecule has 138 valence electrons. The lowest BCUT2D eigenvalue weighted by Crippen LogP contribution is -2.49. The molecule has 0 saturated carbocycles. The molecule has 1 heterocycles. The van der Waals surface area contributed by atoms with Gasteiger partial charge in [0.25, 0.3) is 11.8 Å². The van der Waals surface area contributed by atoms with Crippen LogP contribution in [-0.2, 0) is 20.8 Å². The average Bonchev–Trinajstić information content (AvgIpc) is 2.68. The smallest absolute Gasteiger partial charge is 0.287 e. The van der Waals surface area contributed by atoms with Crippen molar-refractivity contribution >= 4 is 29.0 Å². The van der Waals surface area contributed by atoms with E-state index >= 15 is 0 Å². The molecule has 0 fully saturated rings. The monoisotopic (exact) mass is 365 g/mol. The lowest BCUT2D eigenvalue weighted by molar-refractivity contribution is -0.137. The van der Waals surface area contributed by atoms with E-state index in [2.05, 4.69) is 15.3 Å². The van der Waals surface area contributed by atoms with E-state index in [0.717, 1.165) is 6.20 Å². The van der Waals surface area contributed by atoms with Crippen molar-refractivity contribution in [2.24, 2.45) is 16.5 Å². The van der Waals surface area contributed by atoms with Crippen LogP contribution in [0, 0.1) is 0 Å². The summed E-state index contributed by atoms with van der Waals surface area (Å²) in [5.41, 5.74) is 11.7. The van der Waals surface area contributed by atoms with Gasteiger partial charge in [-0.15, -0.1) is 0 Å². The molecular weight excluding hydrogens is 346 g/mol. The van der Waals surface area contributed by atoms with Crippen molar-refractivity contribution in [3.05, 3.63) is 72.7 Å². The molecule has 27 heavy (non-hydrogen) atoms. The van der Waals surface area contributed by atoms with Crippen molar-refractivity contribution in [2.75, 3.05) is 0 Å². The number of ketones is 1. The molecule has 0 spiro atoms. The number of hydrogen-bond acceptors (Lipinski definition) is 6. The highest BCUT2D eigenvalue weighted by Crippen LogP contribution is 2.11. The van der Waals surface area contributed by atoms with Crippen molar-refractivity contribution in [2.45, 2.75) is 12.5 Å². The molecular formula is C19H19N5O3. The number of carbonyl (C=O) groups excluding carboxylic acids is 3. The first kappa shape index (κ1) is 19.5. The number of nitrogens with zero attached hydrogens (tertiary/aromatic N) is 2. The third-order valence-electron chi connectivity index (χ3n) is 3.55. The Kier molecular flexibility index (Phi) is 6.95. The van der Waals surface area contributed by atoms with Gasteiger partial charge in [0.05, 0.1) is 5.69 Å². The molecule has 2 amide bonds. The minimum Gasteiger partial charge on any atom is -0.405 e. The first-order chi connectivity index (χ1) is 13.0. The first-order valence-electron chi connectivity index (χ1n) is 8.06. The standard InChI is InChI=1S/C19H19N5O3/c20-9-6-15(23-14-4-2-1-3-5-14)19(27)24-16(17(25)18(21)26)12-13-7-10-22-11-8-13/h1-11,16H,12,20H2,(H2,21,26)(H,24,27)/b9-6-,23-15?. The molecule has 8 heteroatoms. The number of nitrogens with two attached hydrogens (primary N) is 2. The van der Waals surface area contributed by atoms with E-state index in [0.29, 0.717) is 11.3 Å². The Bertz CT molecular complexity index is 863. The number of nitrogens with one attached hydrogen (secondary N) is 1.